The minimum absolute atomic E-state index is 0.280. The van der Waals surface area contributed by atoms with Crippen LogP contribution in [0.25, 0.3) is 0 Å². The van der Waals surface area contributed by atoms with Crippen LogP contribution in [0.5, 0.6) is 0 Å². The monoisotopic (exact) mass is 185 g/mol. The third kappa shape index (κ3) is 3.22. The zero-order chi connectivity index (χ0) is 9.68. The molecule has 0 aromatic heterocycles. The first kappa shape index (κ1) is 10.3. The molecule has 2 amide bonds. The lowest BCUT2D eigenvalue weighted by Gasteiger charge is -2.28. The fourth-order valence-corrected chi connectivity index (χ4v) is 1.97. The number of carbonyl (C=O) groups excluding carboxylic acids is 1. The van der Waals surface area contributed by atoms with Gasteiger partial charge in [-0.15, -0.1) is 0 Å². The lowest BCUT2D eigenvalue weighted by molar-refractivity contribution is 0.223. The van der Waals surface area contributed by atoms with E-state index in [1.165, 1.54) is 25.7 Å². The number of nitrogens with two attached hydrogens (primary N) is 1. The summed E-state index contributed by atoms with van der Waals surface area (Å²) in [5.74, 6) is 6.32. The van der Waals surface area contributed by atoms with Crippen molar-refractivity contribution in [2.75, 3.05) is 6.54 Å². The molecule has 0 heterocycles. The van der Waals surface area contributed by atoms with E-state index in [1.807, 2.05) is 0 Å². The van der Waals surface area contributed by atoms with Crippen LogP contribution >= 0.6 is 0 Å². The van der Waals surface area contributed by atoms with Gasteiger partial charge in [-0.25, -0.2) is 10.6 Å². The van der Waals surface area contributed by atoms with Gasteiger partial charge in [0.1, 0.15) is 0 Å². The molecule has 4 nitrogen and oxygen atoms in total. The first-order valence-corrected chi connectivity index (χ1v) is 4.98. The number of amides is 2. The molecule has 13 heavy (non-hydrogen) atoms. The van der Waals surface area contributed by atoms with E-state index in [4.69, 9.17) is 5.84 Å². The molecular formula is C9H19N3O. The van der Waals surface area contributed by atoms with Crippen molar-refractivity contribution in [3.63, 3.8) is 0 Å². The number of carbonyl (C=O) groups is 1. The van der Waals surface area contributed by atoms with E-state index in [0.717, 1.165) is 12.5 Å². The second-order valence-electron chi connectivity index (χ2n) is 3.88. The summed E-state index contributed by atoms with van der Waals surface area (Å²) in [6.07, 6.45) is 5.14. The van der Waals surface area contributed by atoms with Crippen LogP contribution in [0.1, 0.15) is 32.6 Å². The molecule has 2 unspecified atom stereocenters. The van der Waals surface area contributed by atoms with Crippen molar-refractivity contribution in [1.82, 2.24) is 10.7 Å². The average Bonchev–Trinajstić information content (AvgIpc) is 2.16. The summed E-state index contributed by atoms with van der Waals surface area (Å²) >= 11 is 0. The van der Waals surface area contributed by atoms with E-state index in [-0.39, 0.29) is 6.03 Å². The fourth-order valence-electron chi connectivity index (χ4n) is 1.97. The molecule has 0 bridgehead atoms. The van der Waals surface area contributed by atoms with E-state index in [2.05, 4.69) is 17.7 Å². The second kappa shape index (κ2) is 5.07. The smallest absolute Gasteiger partial charge is 0.328 e. The van der Waals surface area contributed by atoms with Crippen LogP contribution in [0.15, 0.2) is 0 Å². The number of rotatable bonds is 2. The predicted molar refractivity (Wildman–Crippen MR) is 51.8 cm³/mol. The molecule has 0 radical (unpaired) electrons. The van der Waals surface area contributed by atoms with Crippen LogP contribution in [0.2, 0.25) is 0 Å². The summed E-state index contributed by atoms with van der Waals surface area (Å²) < 4.78 is 0. The highest BCUT2D eigenvalue weighted by Gasteiger charge is 2.21. The summed E-state index contributed by atoms with van der Waals surface area (Å²) in [6, 6.07) is -0.280. The van der Waals surface area contributed by atoms with Gasteiger partial charge in [-0.3, -0.25) is 5.43 Å². The topological polar surface area (TPSA) is 67.2 Å². The summed E-state index contributed by atoms with van der Waals surface area (Å²) in [7, 11) is 0. The molecule has 76 valence electrons. The van der Waals surface area contributed by atoms with Crippen molar-refractivity contribution in [3.8, 4) is 0 Å². The Morgan fingerprint density at radius 3 is 2.77 bits per heavy atom. The lowest BCUT2D eigenvalue weighted by Crippen LogP contribution is -2.43. The van der Waals surface area contributed by atoms with Crippen LogP contribution in [0.4, 0.5) is 4.79 Å². The van der Waals surface area contributed by atoms with Gasteiger partial charge >= 0.3 is 6.03 Å². The Hall–Kier alpha value is -0.770. The van der Waals surface area contributed by atoms with E-state index >= 15 is 0 Å². The summed E-state index contributed by atoms with van der Waals surface area (Å²) in [6.45, 7) is 3.01. The Labute approximate surface area is 79.2 Å². The first-order valence-electron chi connectivity index (χ1n) is 4.98. The number of hydrogen-bond donors (Lipinski definition) is 3. The van der Waals surface area contributed by atoms with Crippen molar-refractivity contribution >= 4 is 6.03 Å². The lowest BCUT2D eigenvalue weighted by atomic mass is 9.80. The molecule has 0 aromatic carbocycles. The molecule has 1 fully saturated rings. The molecule has 1 aliphatic carbocycles. The van der Waals surface area contributed by atoms with Gasteiger partial charge in [-0.05, 0) is 18.3 Å². The third-order valence-corrected chi connectivity index (χ3v) is 2.95. The van der Waals surface area contributed by atoms with Gasteiger partial charge in [0, 0.05) is 6.54 Å². The maximum Gasteiger partial charge on any atom is 0.328 e. The van der Waals surface area contributed by atoms with E-state index < -0.39 is 0 Å². The minimum atomic E-state index is -0.280. The molecule has 4 heteroatoms. The van der Waals surface area contributed by atoms with Gasteiger partial charge in [0.15, 0.2) is 0 Å². The normalized spacial score (nSPS) is 28.2. The SMILES string of the molecule is CC1CCCCC1CNC(=O)NN. The largest absolute Gasteiger partial charge is 0.337 e. The van der Waals surface area contributed by atoms with Gasteiger partial charge in [0.05, 0.1) is 0 Å². The first-order chi connectivity index (χ1) is 6.24. The molecule has 2 atom stereocenters. The Morgan fingerprint density at radius 1 is 1.46 bits per heavy atom. The summed E-state index contributed by atoms with van der Waals surface area (Å²) in [5, 5.41) is 2.76. The summed E-state index contributed by atoms with van der Waals surface area (Å²) in [4.78, 5) is 10.8. The van der Waals surface area contributed by atoms with Crippen LogP contribution in [0, 0.1) is 11.8 Å². The number of urea groups is 1. The summed E-state index contributed by atoms with van der Waals surface area (Å²) in [5.41, 5.74) is 2.07. The number of nitrogens with one attached hydrogen (secondary N) is 2. The van der Waals surface area contributed by atoms with Gasteiger partial charge in [0.25, 0.3) is 0 Å². The highest BCUT2D eigenvalue weighted by molar-refractivity contribution is 5.72. The highest BCUT2D eigenvalue weighted by atomic mass is 16.2. The van der Waals surface area contributed by atoms with Crippen molar-refractivity contribution < 1.29 is 4.79 Å². The van der Waals surface area contributed by atoms with E-state index in [1.54, 1.807) is 0 Å². The molecule has 4 N–H and O–H groups in total. The Balaban J connectivity index is 2.22. The Kier molecular flexibility index (Phi) is 4.02. The molecular weight excluding hydrogens is 166 g/mol. The number of hydrogen-bond acceptors (Lipinski definition) is 2. The molecule has 1 saturated carbocycles. The molecule has 0 spiro atoms. The van der Waals surface area contributed by atoms with Crippen molar-refractivity contribution in [1.29, 1.82) is 0 Å². The van der Waals surface area contributed by atoms with Crippen LogP contribution in [-0.2, 0) is 0 Å². The molecule has 1 aliphatic rings. The third-order valence-electron chi connectivity index (χ3n) is 2.95. The number of hydrazine groups is 1. The van der Waals surface area contributed by atoms with Gasteiger partial charge in [-0.1, -0.05) is 26.2 Å². The molecule has 1 rings (SSSR count). The van der Waals surface area contributed by atoms with Crippen LogP contribution < -0.4 is 16.6 Å². The minimum Gasteiger partial charge on any atom is -0.337 e. The van der Waals surface area contributed by atoms with Crippen molar-refractivity contribution in [2.24, 2.45) is 17.7 Å². The fraction of sp³-hybridized carbons (Fsp3) is 0.889. The molecule has 0 aliphatic heterocycles. The van der Waals surface area contributed by atoms with E-state index in [9.17, 15) is 4.79 Å². The predicted octanol–water partition coefficient (Wildman–Crippen LogP) is 0.986. The second-order valence-corrected chi connectivity index (χ2v) is 3.88. The molecule has 0 saturated heterocycles. The highest BCUT2D eigenvalue weighted by Crippen LogP contribution is 2.28. The zero-order valence-electron chi connectivity index (χ0n) is 8.18. The van der Waals surface area contributed by atoms with Gasteiger partial charge in [-0.2, -0.15) is 0 Å². The zero-order valence-corrected chi connectivity index (χ0v) is 8.18. The Morgan fingerprint density at radius 2 is 2.15 bits per heavy atom. The Bertz CT molecular complexity index is 172. The van der Waals surface area contributed by atoms with Crippen molar-refractivity contribution in [2.45, 2.75) is 32.6 Å². The maximum atomic E-state index is 10.8. The van der Waals surface area contributed by atoms with Crippen LogP contribution in [-0.4, -0.2) is 12.6 Å². The van der Waals surface area contributed by atoms with Crippen LogP contribution in [0.3, 0.4) is 0 Å². The van der Waals surface area contributed by atoms with Gasteiger partial charge < -0.3 is 5.32 Å². The quantitative estimate of drug-likeness (QED) is 0.341. The molecule has 0 aromatic rings. The van der Waals surface area contributed by atoms with Crippen molar-refractivity contribution in [3.05, 3.63) is 0 Å². The maximum absolute atomic E-state index is 10.8. The van der Waals surface area contributed by atoms with E-state index in [0.29, 0.717) is 5.92 Å². The van der Waals surface area contributed by atoms with Gasteiger partial charge in [0.2, 0.25) is 0 Å². The standard InChI is InChI=1S/C9H19N3O/c1-7-4-2-3-5-8(7)6-11-9(13)12-10/h7-8H,2-6,10H2,1H3,(H2,11,12,13). The average molecular weight is 185 g/mol.